The second kappa shape index (κ2) is 6.55. The van der Waals surface area contributed by atoms with Crippen LogP contribution in [-0.2, 0) is 5.92 Å². The molecule has 5 aromatic rings. The van der Waals surface area contributed by atoms with Crippen molar-refractivity contribution in [3.8, 4) is 11.3 Å². The number of fused-ring (bicyclic) bond motifs is 2. The molecule has 0 amide bonds. The lowest BCUT2D eigenvalue weighted by Gasteiger charge is -2.18. The molecule has 0 atom stereocenters. The predicted molar refractivity (Wildman–Crippen MR) is 110 cm³/mol. The first-order valence-corrected chi connectivity index (χ1v) is 9.26. The zero-order valence-electron chi connectivity index (χ0n) is 15.9. The van der Waals surface area contributed by atoms with Gasteiger partial charge in [-0.1, -0.05) is 18.2 Å². The number of anilines is 1. The second-order valence-corrected chi connectivity index (χ2v) is 7.08. The SMILES string of the molecule is Cc1cc2ncccc2cc1C(F)(F)c1nnc2ccc(-c3cccc(N)c3)nn12. The molecule has 2 aromatic carbocycles. The minimum Gasteiger partial charge on any atom is -0.399 e. The number of nitrogen functional groups attached to an aromatic ring is 1. The number of nitrogens with zero attached hydrogens (tertiary/aromatic N) is 5. The molecule has 0 unspecified atom stereocenters. The first kappa shape index (κ1) is 18.1. The highest BCUT2D eigenvalue weighted by atomic mass is 19.3. The van der Waals surface area contributed by atoms with Gasteiger partial charge in [-0.3, -0.25) is 4.98 Å². The summed E-state index contributed by atoms with van der Waals surface area (Å²) in [6.45, 7) is 1.63. The van der Waals surface area contributed by atoms with Crippen molar-refractivity contribution in [2.75, 3.05) is 5.73 Å². The Morgan fingerprint density at radius 3 is 2.67 bits per heavy atom. The zero-order chi connectivity index (χ0) is 20.9. The van der Waals surface area contributed by atoms with Crippen LogP contribution in [0.15, 0.2) is 66.9 Å². The standard InChI is InChI=1S/C22H16F2N6/c1-13-10-19-15(5-3-9-26-19)12-17(13)22(23,24)21-28-27-20-8-7-18(29-30(20)21)14-4-2-6-16(25)11-14/h2-12H,25H2,1H3. The fraction of sp³-hybridized carbons (Fsp3) is 0.0909. The fourth-order valence-electron chi connectivity index (χ4n) is 3.52. The van der Waals surface area contributed by atoms with Crippen molar-refractivity contribution in [1.29, 1.82) is 0 Å². The Morgan fingerprint density at radius 2 is 1.83 bits per heavy atom. The number of hydrogen-bond acceptors (Lipinski definition) is 5. The number of aryl methyl sites for hydroxylation is 1. The molecule has 0 aliphatic heterocycles. The van der Waals surface area contributed by atoms with E-state index in [0.717, 1.165) is 4.52 Å². The van der Waals surface area contributed by atoms with Crippen LogP contribution in [0.4, 0.5) is 14.5 Å². The van der Waals surface area contributed by atoms with Crippen LogP contribution in [0.5, 0.6) is 0 Å². The summed E-state index contributed by atoms with van der Waals surface area (Å²) in [5.74, 6) is -3.95. The summed E-state index contributed by atoms with van der Waals surface area (Å²) in [6, 6.07) is 16.9. The van der Waals surface area contributed by atoms with Gasteiger partial charge < -0.3 is 5.73 Å². The number of pyridine rings is 1. The van der Waals surface area contributed by atoms with Gasteiger partial charge in [0.2, 0.25) is 5.82 Å². The van der Waals surface area contributed by atoms with E-state index in [0.29, 0.717) is 33.4 Å². The molecular formula is C22H16F2N6. The Balaban J connectivity index is 1.68. The number of aromatic nitrogens is 5. The summed E-state index contributed by atoms with van der Waals surface area (Å²) < 4.78 is 32.4. The third-order valence-electron chi connectivity index (χ3n) is 5.01. The summed E-state index contributed by atoms with van der Waals surface area (Å²) in [5, 5.41) is 12.7. The van der Waals surface area contributed by atoms with Crippen LogP contribution in [-0.4, -0.2) is 24.8 Å². The number of nitrogens with two attached hydrogens (primary N) is 1. The van der Waals surface area contributed by atoms with Gasteiger partial charge in [-0.05, 0) is 55.0 Å². The van der Waals surface area contributed by atoms with Crippen LogP contribution in [0.1, 0.15) is 17.0 Å². The topological polar surface area (TPSA) is 82.0 Å². The van der Waals surface area contributed by atoms with Crippen molar-refractivity contribution in [3.05, 3.63) is 83.8 Å². The van der Waals surface area contributed by atoms with Crippen molar-refractivity contribution in [1.82, 2.24) is 24.8 Å². The van der Waals surface area contributed by atoms with Crippen molar-refractivity contribution < 1.29 is 8.78 Å². The lowest BCUT2D eigenvalue weighted by Crippen LogP contribution is -2.21. The summed E-state index contributed by atoms with van der Waals surface area (Å²) in [6.07, 6.45) is 1.63. The zero-order valence-corrected chi connectivity index (χ0v) is 15.9. The van der Waals surface area contributed by atoms with E-state index in [1.807, 2.05) is 6.07 Å². The molecule has 0 saturated carbocycles. The monoisotopic (exact) mass is 402 g/mol. The van der Waals surface area contributed by atoms with E-state index in [1.54, 1.807) is 61.7 Å². The van der Waals surface area contributed by atoms with Crippen molar-refractivity contribution in [3.63, 3.8) is 0 Å². The van der Waals surface area contributed by atoms with Gasteiger partial charge in [-0.15, -0.1) is 10.2 Å². The van der Waals surface area contributed by atoms with Crippen LogP contribution in [0.3, 0.4) is 0 Å². The Kier molecular flexibility index (Phi) is 3.95. The molecule has 5 rings (SSSR count). The van der Waals surface area contributed by atoms with Gasteiger partial charge in [0.05, 0.1) is 11.2 Å². The molecule has 6 nitrogen and oxygen atoms in total. The van der Waals surface area contributed by atoms with Crippen molar-refractivity contribution in [2.45, 2.75) is 12.8 Å². The molecule has 30 heavy (non-hydrogen) atoms. The van der Waals surface area contributed by atoms with E-state index < -0.39 is 11.7 Å². The highest BCUT2D eigenvalue weighted by Crippen LogP contribution is 2.38. The van der Waals surface area contributed by atoms with Crippen LogP contribution in [0.2, 0.25) is 0 Å². The fourth-order valence-corrected chi connectivity index (χ4v) is 3.52. The molecule has 0 fully saturated rings. The largest absolute Gasteiger partial charge is 0.399 e. The van der Waals surface area contributed by atoms with Gasteiger partial charge in [0.15, 0.2) is 5.65 Å². The maximum atomic E-state index is 15.6. The average molecular weight is 402 g/mol. The van der Waals surface area contributed by atoms with E-state index in [1.165, 1.54) is 6.07 Å². The number of alkyl halides is 2. The molecule has 148 valence electrons. The van der Waals surface area contributed by atoms with E-state index in [2.05, 4.69) is 20.3 Å². The predicted octanol–water partition coefficient (Wildman–Crippen LogP) is 4.37. The van der Waals surface area contributed by atoms with E-state index >= 15 is 8.78 Å². The van der Waals surface area contributed by atoms with Crippen LogP contribution < -0.4 is 5.73 Å². The maximum absolute atomic E-state index is 15.6. The Hall–Kier alpha value is -3.94. The van der Waals surface area contributed by atoms with E-state index in [-0.39, 0.29) is 11.2 Å². The maximum Gasteiger partial charge on any atom is 0.334 e. The second-order valence-electron chi connectivity index (χ2n) is 7.08. The smallest absolute Gasteiger partial charge is 0.334 e. The first-order valence-electron chi connectivity index (χ1n) is 9.26. The number of halogens is 2. The quantitative estimate of drug-likeness (QED) is 0.453. The molecule has 0 aliphatic carbocycles. The highest BCUT2D eigenvalue weighted by Gasteiger charge is 2.41. The molecule has 3 heterocycles. The normalized spacial score (nSPS) is 12.0. The van der Waals surface area contributed by atoms with Gasteiger partial charge >= 0.3 is 5.92 Å². The molecule has 0 aliphatic rings. The number of benzene rings is 2. The van der Waals surface area contributed by atoms with Gasteiger partial charge in [0.1, 0.15) is 0 Å². The summed E-state index contributed by atoms with van der Waals surface area (Å²) >= 11 is 0. The minimum absolute atomic E-state index is 0.159. The number of hydrogen-bond donors (Lipinski definition) is 1. The lowest BCUT2D eigenvalue weighted by atomic mass is 9.99. The molecule has 8 heteroatoms. The molecule has 0 spiro atoms. The summed E-state index contributed by atoms with van der Waals surface area (Å²) in [5.41, 5.74) is 8.75. The Morgan fingerprint density at radius 1 is 0.967 bits per heavy atom. The molecule has 0 radical (unpaired) electrons. The Bertz CT molecular complexity index is 1410. The van der Waals surface area contributed by atoms with Gasteiger partial charge in [0.25, 0.3) is 0 Å². The van der Waals surface area contributed by atoms with E-state index in [4.69, 9.17) is 5.73 Å². The van der Waals surface area contributed by atoms with Crippen LogP contribution in [0, 0.1) is 6.92 Å². The van der Waals surface area contributed by atoms with Gasteiger partial charge in [-0.2, -0.15) is 18.4 Å². The molecule has 0 bridgehead atoms. The van der Waals surface area contributed by atoms with Crippen LogP contribution in [0.25, 0.3) is 27.8 Å². The summed E-state index contributed by atoms with van der Waals surface area (Å²) in [7, 11) is 0. The van der Waals surface area contributed by atoms with E-state index in [9.17, 15) is 0 Å². The average Bonchev–Trinajstić information content (AvgIpc) is 3.17. The van der Waals surface area contributed by atoms with Crippen molar-refractivity contribution >= 4 is 22.2 Å². The van der Waals surface area contributed by atoms with Gasteiger partial charge in [0, 0.05) is 28.4 Å². The minimum atomic E-state index is -3.41. The van der Waals surface area contributed by atoms with Crippen molar-refractivity contribution in [2.24, 2.45) is 0 Å². The third kappa shape index (κ3) is 2.85. The highest BCUT2D eigenvalue weighted by molar-refractivity contribution is 5.80. The molecule has 3 aromatic heterocycles. The van der Waals surface area contributed by atoms with Crippen LogP contribution >= 0.6 is 0 Å². The molecule has 2 N–H and O–H groups in total. The third-order valence-corrected chi connectivity index (χ3v) is 5.01. The lowest BCUT2D eigenvalue weighted by molar-refractivity contribution is 0.0301. The first-order chi connectivity index (χ1) is 14.4. The number of rotatable bonds is 3. The molecular weight excluding hydrogens is 386 g/mol. The summed E-state index contributed by atoms with van der Waals surface area (Å²) in [4.78, 5) is 4.23. The Labute approximate surface area is 170 Å². The molecule has 0 saturated heterocycles. The van der Waals surface area contributed by atoms with Gasteiger partial charge in [-0.25, -0.2) is 0 Å².